The van der Waals surface area contributed by atoms with Crippen LogP contribution in [0.15, 0.2) is 0 Å². The lowest BCUT2D eigenvalue weighted by atomic mass is 10.2. The molecule has 0 aromatic carbocycles. The highest BCUT2D eigenvalue weighted by Crippen LogP contribution is 2.14. The van der Waals surface area contributed by atoms with Crippen LogP contribution in [0, 0.1) is 11.3 Å². The zero-order chi connectivity index (χ0) is 17.7. The molecule has 1 atom stereocenters. The minimum absolute atomic E-state index is 0.0493. The molecule has 0 aromatic heterocycles. The number of alkyl carbamates (subject to hydrolysis) is 1. The Labute approximate surface area is 138 Å². The summed E-state index contributed by atoms with van der Waals surface area (Å²) in [4.78, 5) is 10.9. The van der Waals surface area contributed by atoms with Crippen LogP contribution in [0.25, 0.3) is 0 Å². The zero-order valence-electron chi connectivity index (χ0n) is 14.5. The number of hydrogen-bond acceptors (Lipinski definition) is 8. The van der Waals surface area contributed by atoms with E-state index in [0.29, 0.717) is 19.1 Å². The minimum Gasteiger partial charge on any atom is -0.451 e. The molecule has 0 aliphatic rings. The first-order valence-corrected chi connectivity index (χ1v) is 9.20. The van der Waals surface area contributed by atoms with Crippen molar-refractivity contribution in [2.24, 2.45) is 5.92 Å². The summed E-state index contributed by atoms with van der Waals surface area (Å²) in [5.41, 5.74) is 0. The fourth-order valence-electron chi connectivity index (χ4n) is 1.61. The lowest BCUT2D eigenvalue weighted by Gasteiger charge is -2.24. The Kier molecular flexibility index (Phi) is 11.4. The van der Waals surface area contributed by atoms with Crippen molar-refractivity contribution in [3.63, 3.8) is 0 Å². The number of nitrogens with one attached hydrogen (secondary N) is 2. The van der Waals surface area contributed by atoms with Gasteiger partial charge in [0.25, 0.3) is 0 Å². The molecule has 0 aromatic rings. The van der Waals surface area contributed by atoms with Crippen LogP contribution in [0.2, 0.25) is 6.04 Å². The smallest absolute Gasteiger partial charge is 0.451 e. The number of carbonyl (C=O) groups excluding carboxylic acids is 1. The Bertz CT molecular complexity index is 345. The van der Waals surface area contributed by atoms with Crippen molar-refractivity contribution >= 4 is 21.0 Å². The molecule has 2 N–H and O–H groups in total. The molecule has 136 valence electrons. The molecule has 0 spiro atoms. The Morgan fingerprint density at radius 3 is 2.17 bits per heavy atom. The van der Waals surface area contributed by atoms with Crippen LogP contribution >= 0.6 is 0 Å². The van der Waals surface area contributed by atoms with Gasteiger partial charge in [-0.25, -0.2) is 10.2 Å². The molecule has 1 unspecified atom stereocenters. The van der Waals surface area contributed by atoms with Crippen molar-refractivity contribution in [1.82, 2.24) is 5.32 Å². The van der Waals surface area contributed by atoms with Gasteiger partial charge >= 0.3 is 21.0 Å². The second-order valence-electron chi connectivity index (χ2n) is 4.80. The standard InChI is InChI=1S/C13H28N2O7Si/c1-11(10-22-13(16)15-2)9-21-12(14)20-7-6-8-23(17-3,18-4)19-5/h11,14H,6-10H2,1-5H3,(H,15,16). The molecule has 0 saturated heterocycles. The fraction of sp³-hybridized carbons (Fsp3) is 0.846. The molecule has 9 nitrogen and oxygen atoms in total. The maximum atomic E-state index is 10.9. The molecule has 0 rings (SSSR count). The van der Waals surface area contributed by atoms with Crippen LogP contribution in [0.4, 0.5) is 4.79 Å². The summed E-state index contributed by atoms with van der Waals surface area (Å²) in [6, 6.07) is 0.583. The Morgan fingerprint density at radius 2 is 1.65 bits per heavy atom. The second kappa shape index (κ2) is 12.1. The van der Waals surface area contributed by atoms with Gasteiger partial charge in [0, 0.05) is 40.3 Å². The van der Waals surface area contributed by atoms with Crippen molar-refractivity contribution < 1.29 is 32.3 Å². The molecular formula is C13H28N2O7Si. The summed E-state index contributed by atoms with van der Waals surface area (Å²) in [6.45, 7) is 2.57. The van der Waals surface area contributed by atoms with Gasteiger partial charge in [-0.2, -0.15) is 0 Å². The molecule has 0 fully saturated rings. The largest absolute Gasteiger partial charge is 0.500 e. The van der Waals surface area contributed by atoms with E-state index in [1.165, 1.54) is 7.05 Å². The van der Waals surface area contributed by atoms with E-state index < -0.39 is 14.9 Å². The highest BCUT2D eigenvalue weighted by molar-refractivity contribution is 6.60. The molecule has 1 amide bonds. The molecule has 0 aliphatic carbocycles. The summed E-state index contributed by atoms with van der Waals surface area (Å²) in [5.74, 6) is -0.0493. The first kappa shape index (κ1) is 21.6. The molecule has 0 heterocycles. The molecule has 0 radical (unpaired) electrons. The molecule has 0 aliphatic heterocycles. The number of ether oxygens (including phenoxy) is 3. The normalized spacial score (nSPS) is 12.4. The Morgan fingerprint density at radius 1 is 1.09 bits per heavy atom. The third-order valence-corrected chi connectivity index (χ3v) is 5.83. The van der Waals surface area contributed by atoms with Gasteiger partial charge < -0.3 is 32.8 Å². The van der Waals surface area contributed by atoms with Crippen LogP contribution in [-0.2, 0) is 27.5 Å². The van der Waals surface area contributed by atoms with Crippen molar-refractivity contribution in [2.45, 2.75) is 19.4 Å². The molecular weight excluding hydrogens is 324 g/mol. The van der Waals surface area contributed by atoms with Gasteiger partial charge in [-0.1, -0.05) is 6.92 Å². The van der Waals surface area contributed by atoms with E-state index in [4.69, 9.17) is 32.9 Å². The summed E-state index contributed by atoms with van der Waals surface area (Å²) >= 11 is 0. The van der Waals surface area contributed by atoms with Gasteiger partial charge in [-0.15, -0.1) is 0 Å². The van der Waals surface area contributed by atoms with Gasteiger partial charge in [-0.3, -0.25) is 0 Å². The number of carbonyl (C=O) groups is 1. The van der Waals surface area contributed by atoms with Crippen LogP contribution in [0.1, 0.15) is 13.3 Å². The topological polar surface area (TPSA) is 108 Å². The average Bonchev–Trinajstić information content (AvgIpc) is 2.58. The maximum absolute atomic E-state index is 10.9. The lowest BCUT2D eigenvalue weighted by molar-refractivity contribution is 0.0926. The van der Waals surface area contributed by atoms with Gasteiger partial charge in [0.2, 0.25) is 0 Å². The van der Waals surface area contributed by atoms with Gasteiger partial charge in [0.05, 0.1) is 19.8 Å². The first-order valence-electron chi connectivity index (χ1n) is 7.27. The summed E-state index contributed by atoms with van der Waals surface area (Å²) < 4.78 is 31.0. The molecule has 23 heavy (non-hydrogen) atoms. The van der Waals surface area contributed by atoms with E-state index in [1.807, 2.05) is 6.92 Å². The SMILES string of the molecule is CNC(=O)OCC(C)COC(=N)OCCC[Si](OC)(OC)OC. The monoisotopic (exact) mass is 352 g/mol. The second-order valence-corrected chi connectivity index (χ2v) is 7.89. The van der Waals surface area contributed by atoms with E-state index in [1.54, 1.807) is 21.3 Å². The number of amides is 1. The van der Waals surface area contributed by atoms with Gasteiger partial charge in [0.1, 0.15) is 0 Å². The van der Waals surface area contributed by atoms with Crippen molar-refractivity contribution in [2.75, 3.05) is 48.2 Å². The minimum atomic E-state index is -2.60. The Balaban J connectivity index is 3.81. The predicted molar refractivity (Wildman–Crippen MR) is 85.4 cm³/mol. The lowest BCUT2D eigenvalue weighted by Crippen LogP contribution is -2.42. The quantitative estimate of drug-likeness (QED) is 0.249. The third-order valence-electron chi connectivity index (χ3n) is 3.00. The number of hydrogen-bond donors (Lipinski definition) is 2. The van der Waals surface area contributed by atoms with Crippen LogP contribution < -0.4 is 5.32 Å². The van der Waals surface area contributed by atoms with Crippen LogP contribution in [0.3, 0.4) is 0 Å². The van der Waals surface area contributed by atoms with Gasteiger partial charge in [-0.05, 0) is 6.42 Å². The summed E-state index contributed by atoms with van der Waals surface area (Å²) in [7, 11) is 3.54. The van der Waals surface area contributed by atoms with E-state index in [9.17, 15) is 4.79 Å². The summed E-state index contributed by atoms with van der Waals surface area (Å²) in [5, 5.41) is 9.91. The highest BCUT2D eigenvalue weighted by atomic mass is 28.4. The van der Waals surface area contributed by atoms with Crippen molar-refractivity contribution in [1.29, 1.82) is 5.41 Å². The van der Waals surface area contributed by atoms with Crippen molar-refractivity contribution in [3.8, 4) is 0 Å². The molecule has 10 heteroatoms. The maximum Gasteiger partial charge on any atom is 0.500 e. The Hall–Kier alpha value is -1.36. The van der Waals surface area contributed by atoms with Crippen molar-refractivity contribution in [3.05, 3.63) is 0 Å². The van der Waals surface area contributed by atoms with E-state index >= 15 is 0 Å². The highest BCUT2D eigenvalue weighted by Gasteiger charge is 2.36. The van der Waals surface area contributed by atoms with E-state index in [-0.39, 0.29) is 25.2 Å². The van der Waals surface area contributed by atoms with Gasteiger partial charge in [0.15, 0.2) is 0 Å². The molecule has 0 saturated carbocycles. The van der Waals surface area contributed by atoms with E-state index in [2.05, 4.69) is 5.32 Å². The average molecular weight is 352 g/mol. The van der Waals surface area contributed by atoms with Crippen LogP contribution in [-0.4, -0.2) is 69.2 Å². The zero-order valence-corrected chi connectivity index (χ0v) is 15.5. The van der Waals surface area contributed by atoms with E-state index in [0.717, 1.165) is 0 Å². The molecule has 0 bridgehead atoms. The fourth-order valence-corrected chi connectivity index (χ4v) is 3.30. The number of rotatable bonds is 11. The third kappa shape index (κ3) is 9.38. The predicted octanol–water partition coefficient (Wildman–Crippen LogP) is 1.21. The summed E-state index contributed by atoms with van der Waals surface area (Å²) in [6.07, 6.45) is -0.149. The van der Waals surface area contributed by atoms with Crippen LogP contribution in [0.5, 0.6) is 0 Å². The first-order chi connectivity index (χ1) is 10.9.